The molecular formula is C12H19NO2. The van der Waals surface area contributed by atoms with Crippen molar-refractivity contribution < 1.29 is 9.47 Å². The molecule has 0 aromatic heterocycles. The van der Waals surface area contributed by atoms with Crippen LogP contribution in [0.5, 0.6) is 5.75 Å². The van der Waals surface area contributed by atoms with Crippen LogP contribution in [0, 0.1) is 0 Å². The van der Waals surface area contributed by atoms with Crippen molar-refractivity contribution >= 4 is 0 Å². The van der Waals surface area contributed by atoms with Crippen LogP contribution in [0.2, 0.25) is 0 Å². The number of rotatable bonds is 6. The summed E-state index contributed by atoms with van der Waals surface area (Å²) in [6, 6.07) is 8.16. The number of methoxy groups -OCH3 is 2. The van der Waals surface area contributed by atoms with E-state index in [2.05, 4.69) is 17.0 Å². The molecule has 0 spiro atoms. The van der Waals surface area contributed by atoms with Gasteiger partial charge in [0.25, 0.3) is 0 Å². The van der Waals surface area contributed by atoms with E-state index in [-0.39, 0.29) is 0 Å². The minimum Gasteiger partial charge on any atom is -0.497 e. The maximum absolute atomic E-state index is 5.17. The second-order valence-corrected chi connectivity index (χ2v) is 3.60. The van der Waals surface area contributed by atoms with Crippen LogP contribution in [0.4, 0.5) is 0 Å². The first kappa shape index (κ1) is 12.0. The molecule has 0 aliphatic heterocycles. The molecule has 3 nitrogen and oxygen atoms in total. The Bertz CT molecular complexity index is 289. The van der Waals surface area contributed by atoms with Crippen molar-refractivity contribution in [1.82, 2.24) is 4.90 Å². The molecule has 0 aliphatic rings. The maximum atomic E-state index is 5.17. The van der Waals surface area contributed by atoms with E-state index in [0.717, 1.165) is 18.7 Å². The van der Waals surface area contributed by atoms with Gasteiger partial charge in [0.05, 0.1) is 13.8 Å². The number of likely N-dealkylation sites (N-methyl/N-ethyl adjacent to an activating group) is 1. The first-order chi connectivity index (χ1) is 7.26. The van der Waals surface area contributed by atoms with E-state index in [9.17, 15) is 0 Å². The summed E-state index contributed by atoms with van der Waals surface area (Å²) in [7, 11) is 5.45. The van der Waals surface area contributed by atoms with Crippen molar-refractivity contribution in [3.8, 4) is 5.75 Å². The van der Waals surface area contributed by atoms with Crippen molar-refractivity contribution in [3.05, 3.63) is 29.8 Å². The smallest absolute Gasteiger partial charge is 0.119 e. The molecule has 0 atom stereocenters. The Balaban J connectivity index is 2.43. The summed E-state index contributed by atoms with van der Waals surface area (Å²) in [6.45, 7) is 1.66. The minimum absolute atomic E-state index is 0.671. The maximum Gasteiger partial charge on any atom is 0.119 e. The third-order valence-corrected chi connectivity index (χ3v) is 2.27. The van der Waals surface area contributed by atoms with Gasteiger partial charge in [-0.3, -0.25) is 4.90 Å². The van der Waals surface area contributed by atoms with Crippen molar-refractivity contribution in [2.24, 2.45) is 0 Å². The van der Waals surface area contributed by atoms with Gasteiger partial charge in [-0.25, -0.2) is 0 Å². The highest BCUT2D eigenvalue weighted by molar-refractivity contribution is 5.28. The average Bonchev–Trinajstić information content (AvgIpc) is 2.27. The zero-order valence-corrected chi connectivity index (χ0v) is 9.69. The molecule has 0 fully saturated rings. The molecule has 3 heteroatoms. The Hall–Kier alpha value is -1.06. The van der Waals surface area contributed by atoms with Crippen LogP contribution in [0.3, 0.4) is 0 Å². The van der Waals surface area contributed by atoms with E-state index < -0.39 is 0 Å². The first-order valence-corrected chi connectivity index (χ1v) is 5.06. The number of ether oxygens (including phenoxy) is 2. The zero-order chi connectivity index (χ0) is 11.1. The highest BCUT2D eigenvalue weighted by atomic mass is 16.5. The molecule has 0 unspecified atom stereocenters. The van der Waals surface area contributed by atoms with Crippen molar-refractivity contribution in [2.75, 3.05) is 34.5 Å². The van der Waals surface area contributed by atoms with Gasteiger partial charge in [0.1, 0.15) is 5.75 Å². The first-order valence-electron chi connectivity index (χ1n) is 5.06. The van der Waals surface area contributed by atoms with Crippen LogP contribution in [0.25, 0.3) is 0 Å². The fraction of sp³-hybridized carbons (Fsp3) is 0.500. The molecule has 0 radical (unpaired) electrons. The van der Waals surface area contributed by atoms with Gasteiger partial charge in [-0.15, -0.1) is 0 Å². The van der Waals surface area contributed by atoms with Gasteiger partial charge in [0, 0.05) is 13.7 Å². The topological polar surface area (TPSA) is 21.7 Å². The molecule has 1 aromatic carbocycles. The second-order valence-electron chi connectivity index (χ2n) is 3.60. The standard InChI is InChI=1S/C12H19NO2/c1-13(10-14-2)8-7-11-5-4-6-12(9-11)15-3/h4-6,9H,7-8,10H2,1-3H3. The molecule has 1 rings (SSSR count). The lowest BCUT2D eigenvalue weighted by Crippen LogP contribution is -2.23. The fourth-order valence-corrected chi connectivity index (χ4v) is 1.43. The highest BCUT2D eigenvalue weighted by Crippen LogP contribution is 2.12. The monoisotopic (exact) mass is 209 g/mol. The van der Waals surface area contributed by atoms with Crippen LogP contribution in [0.1, 0.15) is 5.56 Å². The summed E-state index contributed by atoms with van der Waals surface area (Å²) < 4.78 is 10.2. The Morgan fingerprint density at radius 3 is 2.73 bits per heavy atom. The van der Waals surface area contributed by atoms with E-state index in [1.807, 2.05) is 19.2 Å². The summed E-state index contributed by atoms with van der Waals surface area (Å²) >= 11 is 0. The van der Waals surface area contributed by atoms with E-state index in [4.69, 9.17) is 9.47 Å². The van der Waals surface area contributed by atoms with Gasteiger partial charge in [-0.2, -0.15) is 0 Å². The Morgan fingerprint density at radius 2 is 2.07 bits per heavy atom. The lowest BCUT2D eigenvalue weighted by Gasteiger charge is -2.15. The molecule has 0 heterocycles. The molecule has 0 saturated heterocycles. The lowest BCUT2D eigenvalue weighted by atomic mass is 10.1. The normalized spacial score (nSPS) is 10.7. The van der Waals surface area contributed by atoms with Crippen molar-refractivity contribution in [1.29, 1.82) is 0 Å². The predicted molar refractivity (Wildman–Crippen MR) is 61.2 cm³/mol. The van der Waals surface area contributed by atoms with Gasteiger partial charge in [0.15, 0.2) is 0 Å². The summed E-state index contributed by atoms with van der Waals surface area (Å²) in [5.41, 5.74) is 1.29. The van der Waals surface area contributed by atoms with Crippen LogP contribution in [0.15, 0.2) is 24.3 Å². The number of hydrogen-bond donors (Lipinski definition) is 0. The van der Waals surface area contributed by atoms with Gasteiger partial charge in [0.2, 0.25) is 0 Å². The van der Waals surface area contributed by atoms with Crippen LogP contribution >= 0.6 is 0 Å². The Labute approximate surface area is 91.6 Å². The Kier molecular flexibility index (Phi) is 5.15. The van der Waals surface area contributed by atoms with E-state index in [0.29, 0.717) is 6.73 Å². The fourth-order valence-electron chi connectivity index (χ4n) is 1.43. The van der Waals surface area contributed by atoms with Crippen LogP contribution in [-0.4, -0.2) is 39.4 Å². The molecular weight excluding hydrogens is 190 g/mol. The average molecular weight is 209 g/mol. The largest absolute Gasteiger partial charge is 0.497 e. The molecule has 0 bridgehead atoms. The van der Waals surface area contributed by atoms with Gasteiger partial charge >= 0.3 is 0 Å². The lowest BCUT2D eigenvalue weighted by molar-refractivity contribution is 0.0827. The van der Waals surface area contributed by atoms with Gasteiger partial charge in [-0.1, -0.05) is 12.1 Å². The highest BCUT2D eigenvalue weighted by Gasteiger charge is 1.99. The zero-order valence-electron chi connectivity index (χ0n) is 9.69. The molecule has 0 N–H and O–H groups in total. The van der Waals surface area contributed by atoms with Crippen LogP contribution < -0.4 is 4.74 Å². The second kappa shape index (κ2) is 6.43. The summed E-state index contributed by atoms with van der Waals surface area (Å²) in [5, 5.41) is 0. The Morgan fingerprint density at radius 1 is 1.27 bits per heavy atom. The molecule has 15 heavy (non-hydrogen) atoms. The number of benzene rings is 1. The van der Waals surface area contributed by atoms with Gasteiger partial charge < -0.3 is 9.47 Å². The molecule has 0 saturated carbocycles. The van der Waals surface area contributed by atoms with Crippen LogP contribution in [-0.2, 0) is 11.2 Å². The number of nitrogens with zero attached hydrogens (tertiary/aromatic N) is 1. The van der Waals surface area contributed by atoms with E-state index >= 15 is 0 Å². The number of hydrogen-bond acceptors (Lipinski definition) is 3. The van der Waals surface area contributed by atoms with E-state index in [1.165, 1.54) is 5.56 Å². The molecule has 0 amide bonds. The summed E-state index contributed by atoms with van der Waals surface area (Å²) in [6.07, 6.45) is 1.01. The third kappa shape index (κ3) is 4.32. The quantitative estimate of drug-likeness (QED) is 0.666. The summed E-state index contributed by atoms with van der Waals surface area (Å²) in [4.78, 5) is 2.14. The van der Waals surface area contributed by atoms with Gasteiger partial charge in [-0.05, 0) is 31.2 Å². The van der Waals surface area contributed by atoms with E-state index in [1.54, 1.807) is 14.2 Å². The molecule has 1 aromatic rings. The minimum atomic E-state index is 0.671. The predicted octanol–water partition coefficient (Wildman–Crippen LogP) is 1.77. The van der Waals surface area contributed by atoms with Crippen molar-refractivity contribution in [2.45, 2.75) is 6.42 Å². The third-order valence-electron chi connectivity index (χ3n) is 2.27. The molecule has 84 valence electrons. The SMILES string of the molecule is COCN(C)CCc1cccc(OC)c1. The summed E-state index contributed by atoms with van der Waals surface area (Å²) in [5.74, 6) is 0.918. The van der Waals surface area contributed by atoms with Crippen molar-refractivity contribution in [3.63, 3.8) is 0 Å². The molecule has 0 aliphatic carbocycles.